The largest absolute Gasteiger partial charge is 0.338 e. The first-order chi connectivity index (χ1) is 6.40. The normalized spacial score (nSPS) is 11.2. The van der Waals surface area contributed by atoms with Gasteiger partial charge in [-0.25, -0.2) is 4.79 Å². The number of hydrogen-bond acceptors (Lipinski definition) is 1. The van der Waals surface area contributed by atoms with Crippen molar-refractivity contribution in [1.82, 2.24) is 10.2 Å². The minimum absolute atomic E-state index is 0.0595. The first-order valence-electron chi connectivity index (χ1n) is 5.43. The van der Waals surface area contributed by atoms with E-state index in [4.69, 9.17) is 0 Å². The molecule has 0 spiro atoms. The minimum atomic E-state index is 0.0595. The molecular weight excluding hydrogens is 176 g/mol. The second-order valence-corrected chi connectivity index (χ2v) is 4.82. The molecule has 0 saturated heterocycles. The molecule has 0 saturated carbocycles. The van der Waals surface area contributed by atoms with Crippen molar-refractivity contribution in [3.05, 3.63) is 0 Å². The van der Waals surface area contributed by atoms with Crippen LogP contribution in [-0.4, -0.2) is 30.6 Å². The fourth-order valence-corrected chi connectivity index (χ4v) is 1.36. The van der Waals surface area contributed by atoms with Gasteiger partial charge in [-0.05, 0) is 18.8 Å². The van der Waals surface area contributed by atoms with Crippen LogP contribution >= 0.6 is 0 Å². The summed E-state index contributed by atoms with van der Waals surface area (Å²) in [5, 5.41) is 2.84. The fourth-order valence-electron chi connectivity index (χ4n) is 1.36. The van der Waals surface area contributed by atoms with Crippen molar-refractivity contribution >= 4 is 6.03 Å². The summed E-state index contributed by atoms with van der Waals surface area (Å²) >= 11 is 0. The highest BCUT2D eigenvalue weighted by Gasteiger charge is 2.19. The van der Waals surface area contributed by atoms with E-state index in [1.54, 1.807) is 0 Å². The van der Waals surface area contributed by atoms with Crippen LogP contribution < -0.4 is 5.32 Å². The lowest BCUT2D eigenvalue weighted by atomic mass is 9.96. The van der Waals surface area contributed by atoms with Gasteiger partial charge in [0.15, 0.2) is 0 Å². The van der Waals surface area contributed by atoms with Gasteiger partial charge in [0.1, 0.15) is 0 Å². The predicted octanol–water partition coefficient (Wildman–Crippen LogP) is 2.47. The lowest BCUT2D eigenvalue weighted by molar-refractivity contribution is 0.174. The van der Waals surface area contributed by atoms with Gasteiger partial charge in [-0.1, -0.05) is 27.7 Å². The van der Waals surface area contributed by atoms with E-state index in [1.165, 1.54) is 0 Å². The first kappa shape index (κ1) is 13.3. The zero-order chi connectivity index (χ0) is 11.2. The topological polar surface area (TPSA) is 32.3 Å². The van der Waals surface area contributed by atoms with Crippen molar-refractivity contribution < 1.29 is 4.79 Å². The van der Waals surface area contributed by atoms with E-state index >= 15 is 0 Å². The molecule has 0 rings (SSSR count). The molecule has 3 nitrogen and oxygen atoms in total. The molecule has 3 heteroatoms. The van der Waals surface area contributed by atoms with Crippen LogP contribution in [0.15, 0.2) is 0 Å². The highest BCUT2D eigenvalue weighted by molar-refractivity contribution is 5.74. The van der Waals surface area contributed by atoms with Crippen molar-refractivity contribution in [2.45, 2.75) is 41.0 Å². The van der Waals surface area contributed by atoms with Crippen LogP contribution in [0.1, 0.15) is 41.0 Å². The molecule has 0 aromatic rings. The van der Waals surface area contributed by atoms with Gasteiger partial charge >= 0.3 is 6.03 Å². The number of carbonyl (C=O) groups excluding carboxylic acids is 1. The van der Waals surface area contributed by atoms with Gasteiger partial charge in [0.25, 0.3) is 0 Å². The molecule has 84 valence electrons. The molecule has 0 aromatic heterocycles. The summed E-state index contributed by atoms with van der Waals surface area (Å²) in [6.45, 7) is 12.8. The Bertz CT molecular complexity index is 173. The van der Waals surface area contributed by atoms with E-state index in [0.29, 0.717) is 6.54 Å². The molecule has 0 heterocycles. The zero-order valence-electron chi connectivity index (χ0n) is 10.2. The lowest BCUT2D eigenvalue weighted by Gasteiger charge is -2.29. The third-order valence-electron chi connectivity index (χ3n) is 1.77. The maximum atomic E-state index is 11.6. The standard InChI is InChI=1S/C11H24N2O/c1-6-8-13(9-11(3,4)5)10(14)12-7-2/h6-9H2,1-5H3,(H,12,14). The number of nitrogens with one attached hydrogen (secondary N) is 1. The van der Waals surface area contributed by atoms with E-state index in [9.17, 15) is 4.79 Å². The van der Waals surface area contributed by atoms with E-state index in [2.05, 4.69) is 33.0 Å². The van der Waals surface area contributed by atoms with E-state index in [-0.39, 0.29) is 11.4 Å². The highest BCUT2D eigenvalue weighted by Crippen LogP contribution is 2.15. The molecular formula is C11H24N2O. The summed E-state index contributed by atoms with van der Waals surface area (Å²) in [7, 11) is 0. The van der Waals surface area contributed by atoms with Crippen LogP contribution in [0.4, 0.5) is 4.79 Å². The predicted molar refractivity (Wildman–Crippen MR) is 60.4 cm³/mol. The Morgan fingerprint density at radius 1 is 1.29 bits per heavy atom. The summed E-state index contributed by atoms with van der Waals surface area (Å²) in [5.41, 5.74) is 0.167. The van der Waals surface area contributed by atoms with Gasteiger partial charge in [0.05, 0.1) is 0 Å². The molecule has 2 amide bonds. The summed E-state index contributed by atoms with van der Waals surface area (Å²) in [5.74, 6) is 0. The Kier molecular flexibility index (Phi) is 5.58. The summed E-state index contributed by atoms with van der Waals surface area (Å²) < 4.78 is 0. The summed E-state index contributed by atoms with van der Waals surface area (Å²) in [6.07, 6.45) is 1.01. The second-order valence-electron chi connectivity index (χ2n) is 4.82. The Hall–Kier alpha value is -0.730. The number of rotatable bonds is 4. The number of urea groups is 1. The highest BCUT2D eigenvalue weighted by atomic mass is 16.2. The smallest absolute Gasteiger partial charge is 0.317 e. The molecule has 0 aliphatic carbocycles. The molecule has 0 aliphatic heterocycles. The minimum Gasteiger partial charge on any atom is -0.338 e. The fraction of sp³-hybridized carbons (Fsp3) is 0.909. The third kappa shape index (κ3) is 5.84. The van der Waals surface area contributed by atoms with Gasteiger partial charge < -0.3 is 10.2 Å². The van der Waals surface area contributed by atoms with E-state index in [1.807, 2.05) is 11.8 Å². The number of amides is 2. The average molecular weight is 200 g/mol. The maximum absolute atomic E-state index is 11.6. The van der Waals surface area contributed by atoms with Gasteiger partial charge in [-0.15, -0.1) is 0 Å². The van der Waals surface area contributed by atoms with Crippen LogP contribution in [0.2, 0.25) is 0 Å². The van der Waals surface area contributed by atoms with Crippen molar-refractivity contribution in [1.29, 1.82) is 0 Å². The summed E-state index contributed by atoms with van der Waals surface area (Å²) in [4.78, 5) is 13.5. The van der Waals surface area contributed by atoms with Crippen LogP contribution in [0, 0.1) is 5.41 Å². The van der Waals surface area contributed by atoms with Crippen molar-refractivity contribution in [3.8, 4) is 0 Å². The van der Waals surface area contributed by atoms with E-state index in [0.717, 1.165) is 19.5 Å². The first-order valence-corrected chi connectivity index (χ1v) is 5.43. The number of nitrogens with zero attached hydrogens (tertiary/aromatic N) is 1. The maximum Gasteiger partial charge on any atom is 0.317 e. The number of hydrogen-bond donors (Lipinski definition) is 1. The second kappa shape index (κ2) is 5.89. The molecule has 1 N–H and O–H groups in total. The average Bonchev–Trinajstić information content (AvgIpc) is 2.01. The Labute approximate surface area is 87.9 Å². The van der Waals surface area contributed by atoms with Gasteiger partial charge in [-0.2, -0.15) is 0 Å². The Morgan fingerprint density at radius 3 is 2.21 bits per heavy atom. The monoisotopic (exact) mass is 200 g/mol. The lowest BCUT2D eigenvalue weighted by Crippen LogP contribution is -2.44. The molecule has 14 heavy (non-hydrogen) atoms. The quantitative estimate of drug-likeness (QED) is 0.743. The Morgan fingerprint density at radius 2 is 1.86 bits per heavy atom. The third-order valence-corrected chi connectivity index (χ3v) is 1.77. The molecule has 0 atom stereocenters. The van der Waals surface area contributed by atoms with Crippen molar-refractivity contribution in [3.63, 3.8) is 0 Å². The van der Waals surface area contributed by atoms with E-state index < -0.39 is 0 Å². The SMILES string of the molecule is CCCN(CC(C)(C)C)C(=O)NCC. The van der Waals surface area contributed by atoms with Gasteiger partial charge in [-0.3, -0.25) is 0 Å². The molecule has 0 aromatic carbocycles. The van der Waals surface area contributed by atoms with Crippen LogP contribution in [0.5, 0.6) is 0 Å². The molecule has 0 fully saturated rings. The summed E-state index contributed by atoms with van der Waals surface area (Å²) in [6, 6.07) is 0.0595. The van der Waals surface area contributed by atoms with Gasteiger partial charge in [0.2, 0.25) is 0 Å². The van der Waals surface area contributed by atoms with Crippen LogP contribution in [-0.2, 0) is 0 Å². The van der Waals surface area contributed by atoms with Gasteiger partial charge in [0, 0.05) is 19.6 Å². The zero-order valence-corrected chi connectivity index (χ0v) is 10.2. The molecule has 0 bridgehead atoms. The Balaban J connectivity index is 4.21. The molecule has 0 unspecified atom stereocenters. The van der Waals surface area contributed by atoms with Crippen LogP contribution in [0.3, 0.4) is 0 Å². The van der Waals surface area contributed by atoms with Crippen molar-refractivity contribution in [2.24, 2.45) is 5.41 Å². The number of carbonyl (C=O) groups is 1. The molecule has 0 radical (unpaired) electrons. The van der Waals surface area contributed by atoms with Crippen LogP contribution in [0.25, 0.3) is 0 Å². The van der Waals surface area contributed by atoms with Crippen molar-refractivity contribution in [2.75, 3.05) is 19.6 Å². The molecule has 0 aliphatic rings.